The maximum absolute atomic E-state index is 10.8. The Kier molecular flexibility index (Phi) is 1.91. The molecule has 0 atom stereocenters. The highest BCUT2D eigenvalue weighted by Gasteiger charge is 2.04. The molecular weight excluding hydrogens is 132 g/mol. The van der Waals surface area contributed by atoms with E-state index < -0.39 is 0 Å². The normalized spacial score (nSPS) is 10.2. The van der Waals surface area contributed by atoms with Crippen LogP contribution in [0.1, 0.15) is 18.2 Å². The van der Waals surface area contributed by atoms with Gasteiger partial charge in [-0.05, 0) is 6.42 Å². The second-order valence-electron chi connectivity index (χ2n) is 2.05. The number of aryl methyl sites for hydroxylation is 1. The molecule has 1 rings (SSSR count). The van der Waals surface area contributed by atoms with Gasteiger partial charge in [0.05, 0.1) is 12.2 Å². The van der Waals surface area contributed by atoms with Crippen LogP contribution in [0, 0.1) is 0 Å². The summed E-state index contributed by atoms with van der Waals surface area (Å²) in [5, 5.41) is 13.8. The Morgan fingerprint density at radius 2 is 2.20 bits per heavy atom. The van der Waals surface area contributed by atoms with Gasteiger partial charge in [0.2, 0.25) is 0 Å². The van der Waals surface area contributed by atoms with Crippen molar-refractivity contribution in [2.45, 2.75) is 20.0 Å². The molecule has 56 valence electrons. The number of hydrogen-bond donors (Lipinski definition) is 3. The molecule has 1 aromatic heterocycles. The molecule has 0 aliphatic carbocycles. The van der Waals surface area contributed by atoms with Gasteiger partial charge in [-0.3, -0.25) is 9.89 Å². The summed E-state index contributed by atoms with van der Waals surface area (Å²) in [7, 11) is 0. The molecule has 0 spiro atoms. The minimum Gasteiger partial charge on any atom is -0.391 e. The molecule has 0 fully saturated rings. The minimum absolute atomic E-state index is 0.192. The van der Waals surface area contributed by atoms with Gasteiger partial charge in [0.25, 0.3) is 5.56 Å². The minimum atomic E-state index is -0.223. The van der Waals surface area contributed by atoms with Gasteiger partial charge in [-0.15, -0.1) is 0 Å². The summed E-state index contributed by atoms with van der Waals surface area (Å²) in [6, 6.07) is 0. The standard InChI is InChI=1S/C6H10N2O2/c1-2-5-4(3-9)6(10)8-7-5/h9H,2-3H2,1H3,(H2,7,8,10). The van der Waals surface area contributed by atoms with Crippen LogP contribution in [0.5, 0.6) is 0 Å². The number of nitrogens with one attached hydrogen (secondary N) is 2. The van der Waals surface area contributed by atoms with Gasteiger partial charge in [-0.1, -0.05) is 6.92 Å². The Bertz CT molecular complexity index is 261. The van der Waals surface area contributed by atoms with Crippen molar-refractivity contribution in [1.82, 2.24) is 10.2 Å². The van der Waals surface area contributed by atoms with Gasteiger partial charge in [0, 0.05) is 5.69 Å². The molecule has 0 amide bonds. The summed E-state index contributed by atoms with van der Waals surface area (Å²) >= 11 is 0. The Morgan fingerprint density at radius 3 is 2.60 bits per heavy atom. The topological polar surface area (TPSA) is 68.9 Å². The molecule has 1 aromatic rings. The average molecular weight is 142 g/mol. The number of hydrogen-bond acceptors (Lipinski definition) is 2. The first-order valence-corrected chi connectivity index (χ1v) is 3.18. The first kappa shape index (κ1) is 7.08. The van der Waals surface area contributed by atoms with Crippen molar-refractivity contribution in [2.24, 2.45) is 0 Å². The molecule has 0 aromatic carbocycles. The second-order valence-corrected chi connectivity index (χ2v) is 2.05. The van der Waals surface area contributed by atoms with Crippen molar-refractivity contribution in [3.05, 3.63) is 21.6 Å². The number of aromatic amines is 2. The van der Waals surface area contributed by atoms with E-state index in [2.05, 4.69) is 10.2 Å². The molecule has 10 heavy (non-hydrogen) atoms. The molecule has 3 N–H and O–H groups in total. The van der Waals surface area contributed by atoms with Crippen molar-refractivity contribution in [3.8, 4) is 0 Å². The van der Waals surface area contributed by atoms with Crippen molar-refractivity contribution in [2.75, 3.05) is 0 Å². The van der Waals surface area contributed by atoms with E-state index in [1.165, 1.54) is 0 Å². The molecule has 1 heterocycles. The third-order valence-electron chi connectivity index (χ3n) is 1.48. The van der Waals surface area contributed by atoms with E-state index in [1.807, 2.05) is 6.92 Å². The fourth-order valence-electron chi connectivity index (χ4n) is 0.889. The van der Waals surface area contributed by atoms with Crippen LogP contribution in [0.4, 0.5) is 0 Å². The van der Waals surface area contributed by atoms with Gasteiger partial charge in [0.1, 0.15) is 0 Å². The Labute approximate surface area is 57.9 Å². The highest BCUT2D eigenvalue weighted by molar-refractivity contribution is 5.14. The quantitative estimate of drug-likeness (QED) is 0.533. The number of H-pyrrole nitrogens is 2. The van der Waals surface area contributed by atoms with Crippen molar-refractivity contribution < 1.29 is 5.11 Å². The van der Waals surface area contributed by atoms with Crippen LogP contribution in [0.25, 0.3) is 0 Å². The van der Waals surface area contributed by atoms with Gasteiger partial charge >= 0.3 is 0 Å². The molecule has 4 heteroatoms. The van der Waals surface area contributed by atoms with E-state index in [4.69, 9.17) is 5.11 Å². The number of aliphatic hydroxyl groups is 1. The summed E-state index contributed by atoms with van der Waals surface area (Å²) in [6.07, 6.45) is 0.731. The number of rotatable bonds is 2. The van der Waals surface area contributed by atoms with Gasteiger partial charge in [-0.2, -0.15) is 0 Å². The second kappa shape index (κ2) is 2.70. The van der Waals surface area contributed by atoms with Crippen LogP contribution in [-0.2, 0) is 13.0 Å². The largest absolute Gasteiger partial charge is 0.391 e. The summed E-state index contributed by atoms with van der Waals surface area (Å²) in [4.78, 5) is 10.8. The Hall–Kier alpha value is -1.03. The maximum Gasteiger partial charge on any atom is 0.269 e. The van der Waals surface area contributed by atoms with Gasteiger partial charge < -0.3 is 10.2 Å². The predicted molar refractivity (Wildman–Crippen MR) is 36.7 cm³/mol. The fourth-order valence-corrected chi connectivity index (χ4v) is 0.889. The summed E-state index contributed by atoms with van der Waals surface area (Å²) < 4.78 is 0. The molecule has 0 radical (unpaired) electrons. The molecule has 0 aliphatic rings. The molecular formula is C6H10N2O2. The maximum atomic E-state index is 10.8. The molecule has 4 nitrogen and oxygen atoms in total. The molecule has 0 saturated carbocycles. The lowest BCUT2D eigenvalue weighted by Crippen LogP contribution is -2.06. The molecule has 0 aliphatic heterocycles. The average Bonchev–Trinajstić information content (AvgIpc) is 2.30. The zero-order valence-electron chi connectivity index (χ0n) is 5.77. The van der Waals surface area contributed by atoms with E-state index in [9.17, 15) is 4.79 Å². The van der Waals surface area contributed by atoms with E-state index in [1.54, 1.807) is 0 Å². The molecule has 0 saturated heterocycles. The SMILES string of the molecule is CCc1[nH][nH]c(=O)c1CO. The molecule has 0 bridgehead atoms. The zero-order chi connectivity index (χ0) is 7.56. The van der Waals surface area contributed by atoms with E-state index in [-0.39, 0.29) is 12.2 Å². The Balaban J connectivity index is 3.13. The first-order chi connectivity index (χ1) is 4.79. The van der Waals surface area contributed by atoms with E-state index in [0.717, 1.165) is 12.1 Å². The smallest absolute Gasteiger partial charge is 0.269 e. The zero-order valence-corrected chi connectivity index (χ0v) is 5.77. The lowest BCUT2D eigenvalue weighted by Gasteiger charge is -1.90. The van der Waals surface area contributed by atoms with Crippen molar-refractivity contribution >= 4 is 0 Å². The van der Waals surface area contributed by atoms with Crippen LogP contribution in [0.2, 0.25) is 0 Å². The van der Waals surface area contributed by atoms with E-state index >= 15 is 0 Å². The third-order valence-corrected chi connectivity index (χ3v) is 1.48. The highest BCUT2D eigenvalue weighted by atomic mass is 16.3. The van der Waals surface area contributed by atoms with Crippen molar-refractivity contribution in [1.29, 1.82) is 0 Å². The third kappa shape index (κ3) is 0.974. The summed E-state index contributed by atoms with van der Waals surface area (Å²) in [5.74, 6) is 0. The van der Waals surface area contributed by atoms with Crippen LogP contribution in [0.15, 0.2) is 4.79 Å². The van der Waals surface area contributed by atoms with Gasteiger partial charge in [-0.25, -0.2) is 0 Å². The summed E-state index contributed by atoms with van der Waals surface area (Å²) in [5.41, 5.74) is 1.01. The predicted octanol–water partition coefficient (Wildman–Crippen LogP) is -0.242. The van der Waals surface area contributed by atoms with Gasteiger partial charge in [0.15, 0.2) is 0 Å². The highest BCUT2D eigenvalue weighted by Crippen LogP contribution is 1.98. The van der Waals surface area contributed by atoms with Crippen molar-refractivity contribution in [3.63, 3.8) is 0 Å². The number of aliphatic hydroxyl groups excluding tert-OH is 1. The lowest BCUT2D eigenvalue weighted by molar-refractivity contribution is 0.279. The lowest BCUT2D eigenvalue weighted by atomic mass is 10.2. The monoisotopic (exact) mass is 142 g/mol. The Morgan fingerprint density at radius 1 is 1.50 bits per heavy atom. The van der Waals surface area contributed by atoms with Crippen LogP contribution in [-0.4, -0.2) is 15.3 Å². The van der Waals surface area contributed by atoms with E-state index in [0.29, 0.717) is 5.56 Å². The van der Waals surface area contributed by atoms with Crippen LogP contribution < -0.4 is 5.56 Å². The van der Waals surface area contributed by atoms with Crippen LogP contribution in [0.3, 0.4) is 0 Å². The summed E-state index contributed by atoms with van der Waals surface area (Å²) in [6.45, 7) is 1.72. The first-order valence-electron chi connectivity index (χ1n) is 3.18. The number of aromatic nitrogens is 2. The van der Waals surface area contributed by atoms with Crippen LogP contribution >= 0.6 is 0 Å². The molecule has 0 unspecified atom stereocenters. The fraction of sp³-hybridized carbons (Fsp3) is 0.500.